The third kappa shape index (κ3) is 2.97. The fourth-order valence-electron chi connectivity index (χ4n) is 1.10. The zero-order chi connectivity index (χ0) is 12.3. The number of carbonyl (C=O) groups is 1. The Kier molecular flexibility index (Phi) is 3.55. The predicted octanol–water partition coefficient (Wildman–Crippen LogP) is 2.03. The highest BCUT2D eigenvalue weighted by Gasteiger charge is 2.18. The molecule has 0 aromatic heterocycles. The normalized spacial score (nSPS) is 18.7. The number of carbonyl (C=O) groups excluding carboxylic acids is 1. The number of ether oxygens (including phenoxy) is 1. The van der Waals surface area contributed by atoms with Gasteiger partial charge < -0.3 is 4.74 Å². The summed E-state index contributed by atoms with van der Waals surface area (Å²) in [4.78, 5) is 11.3. The van der Waals surface area contributed by atoms with E-state index in [1.165, 1.54) is 13.2 Å². The minimum absolute atomic E-state index is 0.167. The van der Waals surface area contributed by atoms with E-state index in [1.807, 2.05) is 20.8 Å². The van der Waals surface area contributed by atoms with Crippen LogP contribution in [0.1, 0.15) is 20.8 Å². The lowest BCUT2D eigenvalue weighted by Crippen LogP contribution is -2.34. The van der Waals surface area contributed by atoms with Crippen LogP contribution in [0.5, 0.6) is 0 Å². The Labute approximate surface area is 95.5 Å². The highest BCUT2D eigenvalue weighted by molar-refractivity contribution is 6.04. The van der Waals surface area contributed by atoms with Gasteiger partial charge in [-0.05, 0) is 44.6 Å². The summed E-state index contributed by atoms with van der Waals surface area (Å²) >= 11 is 0. The standard InChI is InChI=1S/C12H17NO3/c1-12(2,3)13(15)8-9-5-6-10(14)11(7-9)16-4/h5-8,15H,1-4H3. The van der Waals surface area contributed by atoms with Gasteiger partial charge in [-0.3, -0.25) is 15.1 Å². The Balaban J connectivity index is 2.91. The minimum atomic E-state index is -0.386. The molecular formula is C12H17NO3. The average molecular weight is 223 g/mol. The topological polar surface area (TPSA) is 49.8 Å². The smallest absolute Gasteiger partial charge is 0.220 e. The highest BCUT2D eigenvalue weighted by atomic mass is 16.5. The molecule has 0 aromatic rings. The second-order valence-electron chi connectivity index (χ2n) is 4.55. The zero-order valence-electron chi connectivity index (χ0n) is 10.0. The van der Waals surface area contributed by atoms with Crippen LogP contribution >= 0.6 is 0 Å². The maximum absolute atomic E-state index is 11.3. The molecule has 1 N–H and O–H groups in total. The number of nitrogens with zero attached hydrogens (tertiary/aromatic N) is 1. The Bertz CT molecular complexity index is 372. The molecule has 1 aliphatic carbocycles. The zero-order valence-corrected chi connectivity index (χ0v) is 10.0. The van der Waals surface area contributed by atoms with Crippen LogP contribution in [0, 0.1) is 0 Å². The van der Waals surface area contributed by atoms with Crippen molar-refractivity contribution in [3.8, 4) is 0 Å². The maximum atomic E-state index is 11.3. The lowest BCUT2D eigenvalue weighted by atomic mass is 10.1. The number of methoxy groups -OCH3 is 1. The number of hydrogen-bond donors (Lipinski definition) is 1. The summed E-state index contributed by atoms with van der Waals surface area (Å²) in [6.07, 6.45) is 6.21. The summed E-state index contributed by atoms with van der Waals surface area (Å²) in [6, 6.07) is 0. The van der Waals surface area contributed by atoms with Crippen molar-refractivity contribution < 1.29 is 14.7 Å². The van der Waals surface area contributed by atoms with Gasteiger partial charge in [-0.2, -0.15) is 0 Å². The molecule has 4 nitrogen and oxygen atoms in total. The summed E-state index contributed by atoms with van der Waals surface area (Å²) in [7, 11) is 1.45. The first-order chi connectivity index (χ1) is 7.34. The molecule has 0 heterocycles. The summed E-state index contributed by atoms with van der Waals surface area (Å²) in [6.45, 7) is 5.63. The van der Waals surface area contributed by atoms with E-state index in [9.17, 15) is 10.0 Å². The van der Waals surface area contributed by atoms with Crippen molar-refractivity contribution in [2.24, 2.45) is 0 Å². The molecule has 1 rings (SSSR count). The number of ketones is 1. The van der Waals surface area contributed by atoms with Crippen molar-refractivity contribution >= 4 is 5.78 Å². The van der Waals surface area contributed by atoms with Crippen LogP contribution in [0.15, 0.2) is 35.8 Å². The van der Waals surface area contributed by atoms with Gasteiger partial charge in [0.1, 0.15) is 0 Å². The highest BCUT2D eigenvalue weighted by Crippen LogP contribution is 2.17. The summed E-state index contributed by atoms with van der Waals surface area (Å²) < 4.78 is 4.92. The van der Waals surface area contributed by atoms with E-state index in [4.69, 9.17) is 4.74 Å². The Morgan fingerprint density at radius 3 is 2.50 bits per heavy atom. The van der Waals surface area contributed by atoms with Gasteiger partial charge in [0.15, 0.2) is 5.76 Å². The molecule has 88 valence electrons. The first-order valence-electron chi connectivity index (χ1n) is 5.03. The molecule has 16 heavy (non-hydrogen) atoms. The van der Waals surface area contributed by atoms with Crippen LogP contribution < -0.4 is 0 Å². The molecule has 0 spiro atoms. The van der Waals surface area contributed by atoms with Crippen molar-refractivity contribution in [1.82, 2.24) is 5.06 Å². The van der Waals surface area contributed by atoms with Gasteiger partial charge >= 0.3 is 0 Å². The molecule has 0 radical (unpaired) electrons. The van der Waals surface area contributed by atoms with Crippen LogP contribution in [-0.4, -0.2) is 28.7 Å². The molecular weight excluding hydrogens is 206 g/mol. The molecule has 1 aliphatic rings. The average Bonchev–Trinajstić information content (AvgIpc) is 2.19. The monoisotopic (exact) mass is 223 g/mol. The third-order valence-electron chi connectivity index (χ3n) is 2.15. The molecule has 4 heteroatoms. The molecule has 0 atom stereocenters. The SMILES string of the molecule is COC1=CC(=CN(O)C(C)(C)C)C=CC1=O. The lowest BCUT2D eigenvalue weighted by Gasteiger charge is -2.28. The van der Waals surface area contributed by atoms with Crippen molar-refractivity contribution in [2.75, 3.05) is 7.11 Å². The van der Waals surface area contributed by atoms with Crippen molar-refractivity contribution in [3.05, 3.63) is 35.8 Å². The first-order valence-corrected chi connectivity index (χ1v) is 5.03. The van der Waals surface area contributed by atoms with Crippen LogP contribution in [0.3, 0.4) is 0 Å². The second kappa shape index (κ2) is 4.53. The van der Waals surface area contributed by atoms with Gasteiger partial charge in [0.2, 0.25) is 5.78 Å². The van der Waals surface area contributed by atoms with Crippen molar-refractivity contribution in [3.63, 3.8) is 0 Å². The molecule has 0 saturated heterocycles. The van der Waals surface area contributed by atoms with Crippen molar-refractivity contribution in [2.45, 2.75) is 26.3 Å². The third-order valence-corrected chi connectivity index (χ3v) is 2.15. The molecule has 0 fully saturated rings. The molecule has 0 saturated carbocycles. The maximum Gasteiger partial charge on any atom is 0.220 e. The Morgan fingerprint density at radius 2 is 2.00 bits per heavy atom. The van der Waals surface area contributed by atoms with E-state index in [1.54, 1.807) is 18.4 Å². The van der Waals surface area contributed by atoms with Gasteiger partial charge in [0, 0.05) is 6.20 Å². The number of allylic oxidation sites excluding steroid dienone is 4. The van der Waals surface area contributed by atoms with Crippen molar-refractivity contribution in [1.29, 1.82) is 0 Å². The van der Waals surface area contributed by atoms with Gasteiger partial charge in [0.05, 0.1) is 12.6 Å². The van der Waals surface area contributed by atoms with Crippen LogP contribution in [-0.2, 0) is 9.53 Å². The fourth-order valence-corrected chi connectivity index (χ4v) is 1.10. The van der Waals surface area contributed by atoms with E-state index in [2.05, 4.69) is 0 Å². The van der Waals surface area contributed by atoms with Crippen LogP contribution in [0.25, 0.3) is 0 Å². The van der Waals surface area contributed by atoms with E-state index in [0.717, 1.165) is 5.06 Å². The Morgan fingerprint density at radius 1 is 1.38 bits per heavy atom. The largest absolute Gasteiger partial charge is 0.493 e. The van der Waals surface area contributed by atoms with E-state index in [0.29, 0.717) is 5.57 Å². The molecule has 0 bridgehead atoms. The van der Waals surface area contributed by atoms with E-state index >= 15 is 0 Å². The summed E-state index contributed by atoms with van der Waals surface area (Å²) in [5.74, 6) is 0.107. The van der Waals surface area contributed by atoms with Crippen LogP contribution in [0.2, 0.25) is 0 Å². The molecule has 0 amide bonds. The van der Waals surface area contributed by atoms with Gasteiger partial charge in [-0.25, -0.2) is 0 Å². The van der Waals surface area contributed by atoms with E-state index in [-0.39, 0.29) is 17.1 Å². The molecule has 0 aliphatic heterocycles. The summed E-state index contributed by atoms with van der Waals surface area (Å²) in [5.41, 5.74) is 0.331. The lowest BCUT2D eigenvalue weighted by molar-refractivity contribution is -0.114. The second-order valence-corrected chi connectivity index (χ2v) is 4.55. The minimum Gasteiger partial charge on any atom is -0.493 e. The Hall–Kier alpha value is -1.55. The molecule has 0 aromatic carbocycles. The molecule has 0 unspecified atom stereocenters. The fraction of sp³-hybridized carbons (Fsp3) is 0.417. The predicted molar refractivity (Wildman–Crippen MR) is 60.7 cm³/mol. The number of hydrogen-bond acceptors (Lipinski definition) is 4. The van der Waals surface area contributed by atoms with Gasteiger partial charge in [-0.1, -0.05) is 0 Å². The quantitative estimate of drug-likeness (QED) is 0.728. The van der Waals surface area contributed by atoms with Gasteiger partial charge in [0.25, 0.3) is 0 Å². The number of rotatable bonds is 2. The summed E-state index contributed by atoms with van der Waals surface area (Å²) in [5, 5.41) is 10.8. The van der Waals surface area contributed by atoms with Crippen LogP contribution in [0.4, 0.5) is 0 Å². The van der Waals surface area contributed by atoms with Gasteiger partial charge in [-0.15, -0.1) is 0 Å². The first kappa shape index (κ1) is 12.5. The van der Waals surface area contributed by atoms with E-state index < -0.39 is 0 Å². The number of hydroxylamine groups is 2.